The van der Waals surface area contributed by atoms with Crippen LogP contribution in [0, 0.1) is 10.1 Å². The summed E-state index contributed by atoms with van der Waals surface area (Å²) in [5.74, 6) is -0.169. The molecule has 0 fully saturated rings. The maximum atomic E-state index is 12.3. The molecule has 2 aromatic carbocycles. The molecule has 1 N–H and O–H groups in total. The van der Waals surface area contributed by atoms with Crippen LogP contribution in [0.2, 0.25) is 5.02 Å². The molecule has 0 saturated heterocycles. The summed E-state index contributed by atoms with van der Waals surface area (Å²) in [5, 5.41) is 20.7. The van der Waals surface area contributed by atoms with E-state index in [9.17, 15) is 14.9 Å². The molecule has 120 valence electrons. The van der Waals surface area contributed by atoms with Crippen LogP contribution in [0.1, 0.15) is 10.4 Å². The average Bonchev–Trinajstić information content (AvgIpc) is 3.09. The molecule has 0 atom stereocenters. The molecule has 3 aromatic rings. The number of nitrogens with zero attached hydrogens (tertiary/aromatic N) is 3. The minimum atomic E-state index is -0.582. The van der Waals surface area contributed by atoms with Gasteiger partial charge < -0.3 is 9.73 Å². The fourth-order valence-electron chi connectivity index (χ4n) is 2.03. The highest BCUT2D eigenvalue weighted by Crippen LogP contribution is 2.25. The molecular formula is C15H9ClN4O4. The first kappa shape index (κ1) is 15.6. The fourth-order valence-corrected chi connectivity index (χ4v) is 2.29. The van der Waals surface area contributed by atoms with E-state index in [-0.39, 0.29) is 16.3 Å². The predicted octanol–water partition coefficient (Wildman–Crippen LogP) is 3.55. The predicted molar refractivity (Wildman–Crippen MR) is 85.8 cm³/mol. The number of nitro groups is 1. The summed E-state index contributed by atoms with van der Waals surface area (Å²) in [5.41, 5.74) is 1.07. The fraction of sp³-hybridized carbons (Fsp3) is 0. The highest BCUT2D eigenvalue weighted by Gasteiger charge is 2.15. The van der Waals surface area contributed by atoms with Gasteiger partial charge in [-0.1, -0.05) is 17.7 Å². The molecule has 0 bridgehead atoms. The standard InChI is InChI=1S/C15H9ClN4O4/c16-13-7-11(20(22)23)4-5-12(13)14(21)18-10-3-1-2-9(6-10)15-19-17-8-24-15/h1-8H,(H,18,21). The van der Waals surface area contributed by atoms with Crippen molar-refractivity contribution >= 4 is 28.9 Å². The van der Waals surface area contributed by atoms with Crippen LogP contribution in [0.15, 0.2) is 53.3 Å². The molecule has 0 aliphatic rings. The number of non-ortho nitro benzene ring substituents is 1. The van der Waals surface area contributed by atoms with Gasteiger partial charge >= 0.3 is 0 Å². The quantitative estimate of drug-likeness (QED) is 0.572. The zero-order valence-electron chi connectivity index (χ0n) is 12.0. The van der Waals surface area contributed by atoms with Crippen molar-refractivity contribution in [3.63, 3.8) is 0 Å². The van der Waals surface area contributed by atoms with E-state index in [0.717, 1.165) is 6.07 Å². The van der Waals surface area contributed by atoms with Crippen LogP contribution in [0.4, 0.5) is 11.4 Å². The average molecular weight is 345 g/mol. The van der Waals surface area contributed by atoms with Crippen molar-refractivity contribution in [1.29, 1.82) is 0 Å². The number of benzene rings is 2. The Balaban J connectivity index is 1.83. The lowest BCUT2D eigenvalue weighted by Gasteiger charge is -2.07. The zero-order chi connectivity index (χ0) is 17.1. The van der Waals surface area contributed by atoms with Gasteiger partial charge in [-0.2, -0.15) is 0 Å². The summed E-state index contributed by atoms with van der Waals surface area (Å²) >= 11 is 5.95. The Bertz CT molecular complexity index is 912. The number of carbonyl (C=O) groups excluding carboxylic acids is 1. The van der Waals surface area contributed by atoms with Crippen molar-refractivity contribution in [3.8, 4) is 11.5 Å². The molecule has 1 amide bonds. The van der Waals surface area contributed by atoms with Gasteiger partial charge in [0.2, 0.25) is 12.3 Å². The Labute approximate surface area is 140 Å². The highest BCUT2D eigenvalue weighted by atomic mass is 35.5. The Morgan fingerprint density at radius 3 is 2.75 bits per heavy atom. The molecule has 0 spiro atoms. The number of aromatic nitrogens is 2. The number of nitro benzene ring substituents is 1. The van der Waals surface area contributed by atoms with Crippen molar-refractivity contribution in [3.05, 3.63) is 69.6 Å². The first-order valence-corrected chi connectivity index (χ1v) is 7.04. The maximum absolute atomic E-state index is 12.3. The molecule has 0 aliphatic carbocycles. The Morgan fingerprint density at radius 2 is 2.08 bits per heavy atom. The van der Waals surface area contributed by atoms with Gasteiger partial charge in [0.15, 0.2) is 0 Å². The monoisotopic (exact) mass is 344 g/mol. The SMILES string of the molecule is O=C(Nc1cccc(-c2nnco2)c1)c1ccc([N+](=O)[O-])cc1Cl. The van der Waals surface area contributed by atoms with Gasteiger partial charge in [-0.3, -0.25) is 14.9 Å². The third-order valence-corrected chi connectivity index (χ3v) is 3.45. The van der Waals surface area contributed by atoms with Gasteiger partial charge in [-0.15, -0.1) is 10.2 Å². The van der Waals surface area contributed by atoms with Crippen molar-refractivity contribution in [2.75, 3.05) is 5.32 Å². The molecule has 0 unspecified atom stereocenters. The van der Waals surface area contributed by atoms with Crippen LogP contribution in [-0.4, -0.2) is 21.0 Å². The summed E-state index contributed by atoms with van der Waals surface area (Å²) in [6.45, 7) is 0. The summed E-state index contributed by atoms with van der Waals surface area (Å²) in [4.78, 5) is 22.4. The first-order chi connectivity index (χ1) is 11.5. The lowest BCUT2D eigenvalue weighted by atomic mass is 10.1. The van der Waals surface area contributed by atoms with Crippen LogP contribution in [0.5, 0.6) is 0 Å². The number of anilines is 1. The van der Waals surface area contributed by atoms with Crippen LogP contribution >= 0.6 is 11.6 Å². The van der Waals surface area contributed by atoms with E-state index in [0.29, 0.717) is 17.1 Å². The van der Waals surface area contributed by atoms with Gasteiger partial charge in [0, 0.05) is 23.4 Å². The van der Waals surface area contributed by atoms with Gasteiger partial charge in [0.1, 0.15) is 0 Å². The Morgan fingerprint density at radius 1 is 1.25 bits per heavy atom. The minimum Gasteiger partial charge on any atom is -0.423 e. The van der Waals surface area contributed by atoms with E-state index in [1.54, 1.807) is 24.3 Å². The third kappa shape index (κ3) is 3.23. The Kier molecular flexibility index (Phi) is 4.21. The number of halogens is 1. The van der Waals surface area contributed by atoms with Crippen LogP contribution < -0.4 is 5.32 Å². The smallest absolute Gasteiger partial charge is 0.270 e. The van der Waals surface area contributed by atoms with E-state index in [1.165, 1.54) is 18.5 Å². The van der Waals surface area contributed by atoms with E-state index in [4.69, 9.17) is 16.0 Å². The molecule has 3 rings (SSSR count). The van der Waals surface area contributed by atoms with Gasteiger partial charge in [0.05, 0.1) is 15.5 Å². The highest BCUT2D eigenvalue weighted by molar-refractivity contribution is 6.34. The summed E-state index contributed by atoms with van der Waals surface area (Å²) in [6, 6.07) is 10.5. The topological polar surface area (TPSA) is 111 Å². The molecule has 0 radical (unpaired) electrons. The molecule has 9 heteroatoms. The van der Waals surface area contributed by atoms with Crippen molar-refractivity contribution in [1.82, 2.24) is 10.2 Å². The molecule has 1 aromatic heterocycles. The number of hydrogen-bond donors (Lipinski definition) is 1. The van der Waals surface area contributed by atoms with Crippen LogP contribution in [0.25, 0.3) is 11.5 Å². The zero-order valence-corrected chi connectivity index (χ0v) is 12.7. The number of hydrogen-bond acceptors (Lipinski definition) is 6. The number of nitrogens with one attached hydrogen (secondary N) is 1. The Hall–Kier alpha value is -3.26. The van der Waals surface area contributed by atoms with Crippen LogP contribution in [0.3, 0.4) is 0 Å². The molecule has 8 nitrogen and oxygen atoms in total. The second-order valence-corrected chi connectivity index (χ2v) is 5.11. The van der Waals surface area contributed by atoms with E-state index in [1.807, 2.05) is 0 Å². The third-order valence-electron chi connectivity index (χ3n) is 3.14. The maximum Gasteiger partial charge on any atom is 0.270 e. The van der Waals surface area contributed by atoms with Gasteiger partial charge in [-0.05, 0) is 24.3 Å². The van der Waals surface area contributed by atoms with Gasteiger partial charge in [0.25, 0.3) is 11.6 Å². The van der Waals surface area contributed by atoms with E-state index in [2.05, 4.69) is 15.5 Å². The molecule has 0 saturated carbocycles. The number of amides is 1. The van der Waals surface area contributed by atoms with Crippen LogP contribution in [-0.2, 0) is 0 Å². The van der Waals surface area contributed by atoms with Crippen molar-refractivity contribution in [2.24, 2.45) is 0 Å². The summed E-state index contributed by atoms with van der Waals surface area (Å²) in [7, 11) is 0. The first-order valence-electron chi connectivity index (χ1n) is 6.66. The minimum absolute atomic E-state index is 0.00486. The molecule has 0 aliphatic heterocycles. The van der Waals surface area contributed by atoms with E-state index < -0.39 is 10.8 Å². The molecule has 1 heterocycles. The summed E-state index contributed by atoms with van der Waals surface area (Å²) in [6.07, 6.45) is 1.21. The number of rotatable bonds is 4. The lowest BCUT2D eigenvalue weighted by Crippen LogP contribution is -2.12. The second kappa shape index (κ2) is 6.47. The largest absolute Gasteiger partial charge is 0.423 e. The van der Waals surface area contributed by atoms with E-state index >= 15 is 0 Å². The lowest BCUT2D eigenvalue weighted by molar-refractivity contribution is -0.384. The second-order valence-electron chi connectivity index (χ2n) is 4.70. The number of carbonyl (C=O) groups is 1. The van der Waals surface area contributed by atoms with Gasteiger partial charge in [-0.25, -0.2) is 0 Å². The molecule has 24 heavy (non-hydrogen) atoms. The van der Waals surface area contributed by atoms with Crippen molar-refractivity contribution in [2.45, 2.75) is 0 Å². The normalized spacial score (nSPS) is 10.4. The summed E-state index contributed by atoms with van der Waals surface area (Å²) < 4.78 is 5.10. The van der Waals surface area contributed by atoms with Crippen molar-refractivity contribution < 1.29 is 14.1 Å². The molecular weight excluding hydrogens is 336 g/mol.